The van der Waals surface area contributed by atoms with Crippen molar-refractivity contribution < 1.29 is 28.7 Å². The average molecular weight is 805 g/mol. The van der Waals surface area contributed by atoms with E-state index in [-0.39, 0.29) is 34.6 Å². The highest BCUT2D eigenvalue weighted by Gasteiger charge is 2.51. The molecule has 320 valence electrons. The van der Waals surface area contributed by atoms with Crippen LogP contribution in [0, 0.1) is 11.8 Å². The summed E-state index contributed by atoms with van der Waals surface area (Å²) in [5, 5.41) is 8.52. The quantitative estimate of drug-likeness (QED) is 0.0846. The fourth-order valence-electron chi connectivity index (χ4n) is 8.50. The molecule has 3 saturated carbocycles. The number of methoxy groups -OCH3 is 2. The van der Waals surface area contributed by atoms with Gasteiger partial charge in [0.1, 0.15) is 17.7 Å². The van der Waals surface area contributed by atoms with Crippen LogP contribution in [0.1, 0.15) is 128 Å². The second kappa shape index (κ2) is 21.9. The van der Waals surface area contributed by atoms with Gasteiger partial charge in [0, 0.05) is 36.8 Å². The SMILES string of the molecule is CC(C)C.CNCC(=O)NCCCCc1ncc(-c2ccc(C34CCC(c5cnc(C6CCCN6C(=O)C(NC(=O)OC)C(C)C)[nH]5)(CC3)CC4)cc2)[nH]1.COC=O. The summed E-state index contributed by atoms with van der Waals surface area (Å²) in [6.07, 6.45) is 14.6. The zero-order chi connectivity index (χ0) is 42.3. The summed E-state index contributed by atoms with van der Waals surface area (Å²) in [5.74, 6) is 2.55. The number of likely N-dealkylation sites (tertiary alicyclic amines) is 1. The van der Waals surface area contributed by atoms with Crippen molar-refractivity contribution in [2.75, 3.05) is 40.9 Å². The number of H-pyrrole nitrogens is 2. The highest BCUT2D eigenvalue weighted by Crippen LogP contribution is 2.58. The molecule has 1 aromatic carbocycles. The molecule has 3 aromatic rings. The molecule has 5 N–H and O–H groups in total. The Kier molecular flexibility index (Phi) is 17.3. The van der Waals surface area contributed by atoms with Gasteiger partial charge in [0.2, 0.25) is 11.8 Å². The van der Waals surface area contributed by atoms with Crippen LogP contribution >= 0.6 is 0 Å². The van der Waals surface area contributed by atoms with Gasteiger partial charge in [-0.2, -0.15) is 0 Å². The van der Waals surface area contributed by atoms with Gasteiger partial charge in [0.15, 0.2) is 0 Å². The van der Waals surface area contributed by atoms with E-state index in [1.165, 1.54) is 25.5 Å². The minimum absolute atomic E-state index is 0.0269. The van der Waals surface area contributed by atoms with E-state index in [9.17, 15) is 14.4 Å². The molecular weight excluding hydrogens is 737 g/mol. The van der Waals surface area contributed by atoms with Crippen LogP contribution in [0.5, 0.6) is 0 Å². The second-order valence-corrected chi connectivity index (χ2v) is 17.0. The van der Waals surface area contributed by atoms with E-state index in [0.29, 0.717) is 26.1 Å². The number of benzene rings is 1. The molecule has 4 fully saturated rings. The molecule has 3 aliphatic carbocycles. The molecule has 3 heterocycles. The number of imidazole rings is 2. The molecule has 0 spiro atoms. The third kappa shape index (κ3) is 11.9. The van der Waals surface area contributed by atoms with Gasteiger partial charge in [-0.25, -0.2) is 14.8 Å². The van der Waals surface area contributed by atoms with Gasteiger partial charge >= 0.3 is 6.09 Å². The normalized spacial score (nSPS) is 21.3. The number of alkyl carbamates (subject to hydrolysis) is 1. The molecule has 3 amide bonds. The van der Waals surface area contributed by atoms with E-state index in [1.54, 1.807) is 7.05 Å². The first kappa shape index (κ1) is 46.0. The zero-order valence-electron chi connectivity index (χ0n) is 36.0. The van der Waals surface area contributed by atoms with E-state index >= 15 is 0 Å². The van der Waals surface area contributed by atoms with Crippen molar-refractivity contribution in [3.63, 3.8) is 0 Å². The molecule has 58 heavy (non-hydrogen) atoms. The predicted molar refractivity (Wildman–Crippen MR) is 225 cm³/mol. The molecule has 2 bridgehead atoms. The number of unbranched alkanes of at least 4 members (excludes halogenated alkanes) is 1. The largest absolute Gasteiger partial charge is 0.471 e. The second-order valence-electron chi connectivity index (χ2n) is 17.0. The molecule has 2 atom stereocenters. The number of fused-ring (bicyclic) bond motifs is 3. The summed E-state index contributed by atoms with van der Waals surface area (Å²) in [7, 11) is 4.40. The first-order valence-electron chi connectivity index (χ1n) is 21.0. The van der Waals surface area contributed by atoms with Crippen LogP contribution in [0.25, 0.3) is 11.3 Å². The number of carbonyl (C=O) groups excluding carboxylic acids is 4. The minimum atomic E-state index is -0.641. The molecule has 7 rings (SSSR count). The Morgan fingerprint density at radius 2 is 1.57 bits per heavy atom. The molecule has 2 aromatic heterocycles. The van der Waals surface area contributed by atoms with Gasteiger partial charge in [0.25, 0.3) is 6.47 Å². The lowest BCUT2D eigenvalue weighted by molar-refractivity contribution is -0.135. The van der Waals surface area contributed by atoms with Crippen molar-refractivity contribution in [3.8, 4) is 11.3 Å². The van der Waals surface area contributed by atoms with Gasteiger partial charge in [-0.15, -0.1) is 0 Å². The number of aromatic nitrogens is 4. The number of likely N-dealkylation sites (N-methyl/N-ethyl adjacent to an activating group) is 1. The van der Waals surface area contributed by atoms with Gasteiger partial charge in [-0.05, 0) is 99.6 Å². The summed E-state index contributed by atoms with van der Waals surface area (Å²) < 4.78 is 8.65. The van der Waals surface area contributed by atoms with Crippen LogP contribution in [0.15, 0.2) is 36.7 Å². The third-order valence-electron chi connectivity index (χ3n) is 11.7. The summed E-state index contributed by atoms with van der Waals surface area (Å²) in [4.78, 5) is 64.7. The summed E-state index contributed by atoms with van der Waals surface area (Å²) >= 11 is 0. The first-order chi connectivity index (χ1) is 27.8. The molecule has 14 heteroatoms. The predicted octanol–water partition coefficient (Wildman–Crippen LogP) is 6.50. The van der Waals surface area contributed by atoms with E-state index in [2.05, 4.69) is 80.7 Å². The number of aromatic amines is 2. The summed E-state index contributed by atoms with van der Waals surface area (Å²) in [5.41, 5.74) is 5.12. The molecular formula is C44H68N8O6. The fraction of sp³-hybridized carbons (Fsp3) is 0.636. The highest BCUT2D eigenvalue weighted by atomic mass is 16.5. The van der Waals surface area contributed by atoms with Crippen LogP contribution in [0.4, 0.5) is 4.79 Å². The highest BCUT2D eigenvalue weighted by molar-refractivity contribution is 5.86. The Morgan fingerprint density at radius 1 is 0.931 bits per heavy atom. The van der Waals surface area contributed by atoms with Crippen LogP contribution in [0.3, 0.4) is 0 Å². The molecule has 1 saturated heterocycles. The smallest absolute Gasteiger partial charge is 0.407 e. The first-order valence-corrected chi connectivity index (χ1v) is 21.0. The van der Waals surface area contributed by atoms with Crippen molar-refractivity contribution in [2.45, 2.75) is 128 Å². The van der Waals surface area contributed by atoms with E-state index in [0.717, 1.165) is 99.5 Å². The van der Waals surface area contributed by atoms with Gasteiger partial charge in [-0.3, -0.25) is 14.4 Å². The Labute approximate surface area is 344 Å². The number of aryl methyl sites for hydroxylation is 1. The molecule has 1 aliphatic heterocycles. The number of rotatable bonds is 15. The number of ether oxygens (including phenoxy) is 2. The maximum atomic E-state index is 13.6. The summed E-state index contributed by atoms with van der Waals surface area (Å²) in [6, 6.07) is 8.35. The van der Waals surface area contributed by atoms with Crippen molar-refractivity contribution in [3.05, 3.63) is 59.6 Å². The minimum Gasteiger partial charge on any atom is -0.471 e. The van der Waals surface area contributed by atoms with Gasteiger partial charge in [0.05, 0.1) is 38.7 Å². The maximum absolute atomic E-state index is 13.6. The van der Waals surface area contributed by atoms with Crippen molar-refractivity contribution >= 4 is 24.4 Å². The van der Waals surface area contributed by atoms with E-state index in [4.69, 9.17) is 14.5 Å². The summed E-state index contributed by atoms with van der Waals surface area (Å²) in [6.45, 7) is 12.4. The molecule has 4 aliphatic rings. The van der Waals surface area contributed by atoms with E-state index in [1.807, 2.05) is 31.1 Å². The standard InChI is InChI=1S/C38H54N8O4.C4H10.C2H4O2/c1-25(2)33(45-36(49)50-4)35(48)46-21-7-8-29(46)34-42-23-30(44-34)38-17-14-37(15-18-38,16-19-38)27-12-10-26(11-13-27)28-22-41-31(43-28)9-5-6-20-40-32(47)24-39-3;1-4(2)3;1-4-2-3/h10-13,22-23,25,29,33,39H,5-9,14-21,24H2,1-4H3,(H,40,47)(H,41,43)(H,42,44)(H,45,49);4H,1-3H3;2H,1H3. The Hall–Kier alpha value is -4.72. The van der Waals surface area contributed by atoms with Crippen LogP contribution in [0.2, 0.25) is 0 Å². The van der Waals surface area contributed by atoms with E-state index < -0.39 is 12.1 Å². The van der Waals surface area contributed by atoms with Crippen molar-refractivity contribution in [2.24, 2.45) is 11.8 Å². The molecule has 2 unspecified atom stereocenters. The molecule has 0 radical (unpaired) electrons. The monoisotopic (exact) mass is 805 g/mol. The molecule has 14 nitrogen and oxygen atoms in total. The number of amides is 3. The Morgan fingerprint density at radius 3 is 2.16 bits per heavy atom. The van der Waals surface area contributed by atoms with Gasteiger partial charge in [-0.1, -0.05) is 58.9 Å². The fourth-order valence-corrected chi connectivity index (χ4v) is 8.50. The van der Waals surface area contributed by atoms with Crippen LogP contribution < -0.4 is 16.0 Å². The van der Waals surface area contributed by atoms with Crippen molar-refractivity contribution in [1.82, 2.24) is 40.8 Å². The number of carbonyl (C=O) groups is 4. The topological polar surface area (TPSA) is 183 Å². The lowest BCUT2D eigenvalue weighted by atomic mass is 9.51. The number of hydrogen-bond donors (Lipinski definition) is 5. The zero-order valence-corrected chi connectivity index (χ0v) is 36.0. The average Bonchev–Trinajstić information content (AvgIpc) is 4.02. The number of hydrogen-bond acceptors (Lipinski definition) is 9. The van der Waals surface area contributed by atoms with Gasteiger partial charge < -0.3 is 40.3 Å². The lowest BCUT2D eigenvalue weighted by Crippen LogP contribution is -2.51. The third-order valence-corrected chi connectivity index (χ3v) is 11.7. The van der Waals surface area contributed by atoms with Crippen molar-refractivity contribution in [1.29, 1.82) is 0 Å². The Bertz CT molecular complexity index is 1720. The number of nitrogens with one attached hydrogen (secondary N) is 5. The Balaban J connectivity index is 0.000000852. The maximum Gasteiger partial charge on any atom is 0.407 e. The number of nitrogens with zero attached hydrogens (tertiary/aromatic N) is 3. The lowest BCUT2D eigenvalue weighted by Gasteiger charge is -2.53. The van der Waals surface area contributed by atoms with Crippen LogP contribution in [-0.4, -0.2) is 96.2 Å². The van der Waals surface area contributed by atoms with Crippen LogP contribution in [-0.2, 0) is 41.1 Å².